The van der Waals surface area contributed by atoms with Crippen LogP contribution in [0.25, 0.3) is 22.1 Å². The highest BCUT2D eigenvalue weighted by molar-refractivity contribution is 6.09. The van der Waals surface area contributed by atoms with Gasteiger partial charge in [-0.1, -0.05) is 30.2 Å². The maximum atomic E-state index is 12.9. The van der Waals surface area contributed by atoms with Crippen LogP contribution in [0.2, 0.25) is 0 Å². The van der Waals surface area contributed by atoms with Crippen LogP contribution >= 0.6 is 0 Å². The van der Waals surface area contributed by atoms with Crippen molar-refractivity contribution in [1.29, 1.82) is 5.26 Å². The monoisotopic (exact) mass is 511 g/mol. The molecule has 6 heteroatoms. The molecule has 1 fully saturated rings. The van der Waals surface area contributed by atoms with E-state index in [9.17, 15) is 4.79 Å². The molecule has 0 atom stereocenters. The molecule has 39 heavy (non-hydrogen) atoms. The summed E-state index contributed by atoms with van der Waals surface area (Å²) in [5.41, 5.74) is 6.16. The molecule has 0 aliphatic heterocycles. The molecule has 5 aromatic rings. The van der Waals surface area contributed by atoms with Gasteiger partial charge in [0.2, 0.25) is 0 Å². The van der Waals surface area contributed by atoms with Crippen LogP contribution in [-0.2, 0) is 12.8 Å². The Balaban J connectivity index is 1.24. The molecule has 0 bridgehead atoms. The number of benzene rings is 2. The molecular formula is C33H29N5O. The van der Waals surface area contributed by atoms with Crippen LogP contribution in [0.4, 0.5) is 0 Å². The molecule has 0 unspecified atom stereocenters. The van der Waals surface area contributed by atoms with Gasteiger partial charge in [0.1, 0.15) is 17.0 Å². The minimum absolute atomic E-state index is 0.0121. The number of aryl methyl sites for hydroxylation is 2. The van der Waals surface area contributed by atoms with Gasteiger partial charge in [-0.2, -0.15) is 5.26 Å². The lowest BCUT2D eigenvalue weighted by Gasteiger charge is -2.30. The Bertz CT molecular complexity index is 1720. The van der Waals surface area contributed by atoms with Crippen LogP contribution in [-0.4, -0.2) is 25.3 Å². The fourth-order valence-corrected chi connectivity index (χ4v) is 5.91. The van der Waals surface area contributed by atoms with E-state index in [0.717, 1.165) is 77.5 Å². The first-order valence-corrected chi connectivity index (χ1v) is 13.5. The Kier molecular flexibility index (Phi) is 6.69. The number of aromatic amines is 1. The van der Waals surface area contributed by atoms with Gasteiger partial charge in [-0.3, -0.25) is 4.79 Å². The molecular weight excluding hydrogens is 482 g/mol. The van der Waals surface area contributed by atoms with Crippen LogP contribution in [0, 0.1) is 29.6 Å². The normalized spacial score (nSPS) is 17.2. The number of H-pyrrole nitrogens is 1. The predicted molar refractivity (Wildman–Crippen MR) is 152 cm³/mol. The molecule has 6 rings (SSSR count). The van der Waals surface area contributed by atoms with E-state index in [2.05, 4.69) is 32.6 Å². The summed E-state index contributed by atoms with van der Waals surface area (Å²) in [4.78, 5) is 25.8. The van der Waals surface area contributed by atoms with Gasteiger partial charge in [0.25, 0.3) is 0 Å². The Morgan fingerprint density at radius 3 is 2.41 bits per heavy atom. The number of terminal acetylenes is 1. The van der Waals surface area contributed by atoms with Gasteiger partial charge in [-0.15, -0.1) is 6.42 Å². The molecule has 3 aromatic heterocycles. The van der Waals surface area contributed by atoms with E-state index in [4.69, 9.17) is 16.7 Å². The fraction of sp³-hybridized carbons (Fsp3) is 0.273. The smallest absolute Gasteiger partial charge is 0.193 e. The quantitative estimate of drug-likeness (QED) is 0.198. The molecule has 1 aliphatic rings. The minimum Gasteiger partial charge on any atom is -0.346 e. The number of pyridine rings is 1. The zero-order valence-corrected chi connectivity index (χ0v) is 21.7. The average Bonchev–Trinajstić information content (AvgIpc) is 3.61. The summed E-state index contributed by atoms with van der Waals surface area (Å²) in [5.74, 6) is 4.13. The number of ketones is 1. The fourth-order valence-electron chi connectivity index (χ4n) is 5.91. The molecule has 192 valence electrons. The number of nitrogens with zero attached hydrogens (tertiary/aromatic N) is 4. The Morgan fingerprint density at radius 2 is 1.72 bits per heavy atom. The van der Waals surface area contributed by atoms with Gasteiger partial charge < -0.3 is 9.55 Å². The van der Waals surface area contributed by atoms with Gasteiger partial charge in [0, 0.05) is 47.2 Å². The molecule has 6 nitrogen and oxygen atoms in total. The summed E-state index contributed by atoms with van der Waals surface area (Å²) >= 11 is 0. The summed E-state index contributed by atoms with van der Waals surface area (Å²) in [7, 11) is 0. The third-order valence-corrected chi connectivity index (χ3v) is 8.04. The first-order chi connectivity index (χ1) is 19.1. The van der Waals surface area contributed by atoms with E-state index >= 15 is 0 Å². The topological polar surface area (TPSA) is 87.4 Å². The Hall–Kier alpha value is -4.68. The minimum atomic E-state index is -0.0121. The van der Waals surface area contributed by atoms with Crippen molar-refractivity contribution < 1.29 is 4.79 Å². The van der Waals surface area contributed by atoms with Crippen LogP contribution < -0.4 is 0 Å². The van der Waals surface area contributed by atoms with E-state index in [-0.39, 0.29) is 5.78 Å². The summed E-state index contributed by atoms with van der Waals surface area (Å²) in [6.45, 7) is 0. The van der Waals surface area contributed by atoms with Gasteiger partial charge in [0.05, 0.1) is 17.8 Å². The number of hydrogen-bond donors (Lipinski definition) is 1. The standard InChI is InChI=1S/C33H29N5O/c1-2-22-3-10-25(11-4-22)32(39)26-12-5-23(6-13-26)9-16-30-37-29-21-36-33-28(18-20-35-33)31(29)38(30)27-14-7-24(8-15-27)17-19-34/h1,3-6,10-13,18,20-21,24,27H,7-9,14-17H2,(H,35,36)/t24-,27-. The van der Waals surface area contributed by atoms with Crippen molar-refractivity contribution in [3.63, 3.8) is 0 Å². The van der Waals surface area contributed by atoms with Crippen molar-refractivity contribution in [2.75, 3.05) is 0 Å². The highest BCUT2D eigenvalue weighted by atomic mass is 16.1. The maximum absolute atomic E-state index is 12.9. The number of carbonyl (C=O) groups is 1. The largest absolute Gasteiger partial charge is 0.346 e. The zero-order chi connectivity index (χ0) is 26.8. The molecule has 3 heterocycles. The number of rotatable bonds is 7. The average molecular weight is 512 g/mol. The summed E-state index contributed by atoms with van der Waals surface area (Å²) in [5, 5.41) is 10.3. The van der Waals surface area contributed by atoms with Gasteiger partial charge >= 0.3 is 0 Å². The second-order valence-electron chi connectivity index (χ2n) is 10.4. The van der Waals surface area contributed by atoms with Crippen molar-refractivity contribution >= 4 is 27.9 Å². The first-order valence-electron chi connectivity index (χ1n) is 13.5. The lowest BCUT2D eigenvalue weighted by Crippen LogP contribution is -2.20. The van der Waals surface area contributed by atoms with Crippen LogP contribution in [0.1, 0.15) is 71.0 Å². The first kappa shape index (κ1) is 24.6. The van der Waals surface area contributed by atoms with Crippen molar-refractivity contribution in [3.8, 4) is 18.4 Å². The number of hydrogen-bond acceptors (Lipinski definition) is 4. The summed E-state index contributed by atoms with van der Waals surface area (Å²) in [6, 6.07) is 19.8. The van der Waals surface area contributed by atoms with Crippen molar-refractivity contribution in [2.24, 2.45) is 5.92 Å². The SMILES string of the molecule is C#Cc1ccc(C(=O)c2ccc(CCc3nc4cnc5[nH]ccc5c4n3[C@H]3CC[C@H](CC#N)CC3)cc2)cc1. The van der Waals surface area contributed by atoms with Gasteiger partial charge in [-0.25, -0.2) is 9.97 Å². The maximum Gasteiger partial charge on any atom is 0.193 e. The molecule has 1 aliphatic carbocycles. The van der Waals surface area contributed by atoms with E-state index in [1.165, 1.54) is 0 Å². The number of nitriles is 1. The van der Waals surface area contributed by atoms with Crippen molar-refractivity contribution in [1.82, 2.24) is 19.5 Å². The number of fused-ring (bicyclic) bond motifs is 3. The number of nitrogens with one attached hydrogen (secondary N) is 1. The van der Waals surface area contributed by atoms with E-state index < -0.39 is 0 Å². The third kappa shape index (κ3) is 4.82. The predicted octanol–water partition coefficient (Wildman–Crippen LogP) is 6.56. The van der Waals surface area contributed by atoms with Crippen LogP contribution in [0.5, 0.6) is 0 Å². The number of aromatic nitrogens is 4. The third-order valence-electron chi connectivity index (χ3n) is 8.04. The lowest BCUT2D eigenvalue weighted by atomic mass is 9.84. The van der Waals surface area contributed by atoms with Gasteiger partial charge in [-0.05, 0) is 73.9 Å². The summed E-state index contributed by atoms with van der Waals surface area (Å²) < 4.78 is 2.45. The van der Waals surface area contributed by atoms with Crippen LogP contribution in [0.15, 0.2) is 67.0 Å². The molecule has 0 spiro atoms. The van der Waals surface area contributed by atoms with Gasteiger partial charge in [0.15, 0.2) is 5.78 Å². The van der Waals surface area contributed by atoms with Crippen molar-refractivity contribution in [2.45, 2.75) is 51.0 Å². The highest BCUT2D eigenvalue weighted by Crippen LogP contribution is 2.38. The molecule has 1 N–H and O–H groups in total. The Morgan fingerprint density at radius 1 is 1.00 bits per heavy atom. The molecule has 0 saturated heterocycles. The molecule has 0 amide bonds. The molecule has 0 radical (unpaired) electrons. The number of carbonyl (C=O) groups excluding carboxylic acids is 1. The molecule has 2 aromatic carbocycles. The summed E-state index contributed by atoms with van der Waals surface area (Å²) in [6.07, 6.45) is 15.7. The highest BCUT2D eigenvalue weighted by Gasteiger charge is 2.26. The van der Waals surface area contributed by atoms with E-state index in [1.807, 2.05) is 36.7 Å². The second kappa shape index (κ2) is 10.6. The van der Waals surface area contributed by atoms with E-state index in [0.29, 0.717) is 29.5 Å². The lowest BCUT2D eigenvalue weighted by molar-refractivity contribution is 0.103. The zero-order valence-electron chi connectivity index (χ0n) is 21.7. The molecule has 1 saturated carbocycles. The Labute approximate surface area is 227 Å². The van der Waals surface area contributed by atoms with E-state index in [1.54, 1.807) is 24.3 Å². The van der Waals surface area contributed by atoms with Crippen molar-refractivity contribution in [3.05, 3.63) is 95.1 Å². The second-order valence-corrected chi connectivity index (χ2v) is 10.4. The number of imidazole rings is 1. The van der Waals surface area contributed by atoms with Crippen LogP contribution in [0.3, 0.4) is 0 Å².